The molecule has 4 N–H and O–H groups in total. The van der Waals surface area contributed by atoms with E-state index in [4.69, 9.17) is 17.4 Å². The highest BCUT2D eigenvalue weighted by Gasteiger charge is 2.11. The third-order valence-electron chi connectivity index (χ3n) is 2.79. The molecule has 0 aliphatic heterocycles. The standard InChI is InChI=1S/C13H13ClN4O2/c1-8-3-2-4-12(14)13(8)16-9-5-10(17-15)7-11(6-9)18(19)20/h2-7,16-17H,15H2,1H3. The number of anilines is 3. The lowest BCUT2D eigenvalue weighted by Gasteiger charge is -2.12. The number of hydrazine groups is 1. The third kappa shape index (κ3) is 2.98. The van der Waals surface area contributed by atoms with E-state index < -0.39 is 4.92 Å². The number of halogens is 1. The molecule has 0 heterocycles. The molecule has 0 aliphatic rings. The van der Waals surface area contributed by atoms with Crippen LogP contribution >= 0.6 is 11.6 Å². The molecular formula is C13H13ClN4O2. The first kappa shape index (κ1) is 14.1. The summed E-state index contributed by atoms with van der Waals surface area (Å²) < 4.78 is 0. The molecule has 0 unspecified atom stereocenters. The number of nitrogens with two attached hydrogens (primary N) is 1. The number of rotatable bonds is 4. The van der Waals surface area contributed by atoms with Crippen molar-refractivity contribution in [2.75, 3.05) is 10.7 Å². The predicted octanol–water partition coefficient (Wildman–Crippen LogP) is 3.59. The summed E-state index contributed by atoms with van der Waals surface area (Å²) in [5.74, 6) is 5.31. The fraction of sp³-hybridized carbons (Fsp3) is 0.0769. The van der Waals surface area contributed by atoms with Crippen LogP contribution in [0.25, 0.3) is 0 Å². The zero-order valence-electron chi connectivity index (χ0n) is 10.7. The van der Waals surface area contributed by atoms with Gasteiger partial charge in [0.2, 0.25) is 0 Å². The molecule has 0 bridgehead atoms. The molecule has 0 aromatic heterocycles. The van der Waals surface area contributed by atoms with Gasteiger partial charge in [0, 0.05) is 17.8 Å². The number of aryl methyl sites for hydroxylation is 1. The highest BCUT2D eigenvalue weighted by atomic mass is 35.5. The summed E-state index contributed by atoms with van der Waals surface area (Å²) in [6.07, 6.45) is 0. The molecule has 0 aliphatic carbocycles. The van der Waals surface area contributed by atoms with E-state index in [9.17, 15) is 10.1 Å². The van der Waals surface area contributed by atoms with Gasteiger partial charge < -0.3 is 10.7 Å². The van der Waals surface area contributed by atoms with Gasteiger partial charge in [-0.25, -0.2) is 0 Å². The number of para-hydroxylation sites is 1. The van der Waals surface area contributed by atoms with E-state index in [0.717, 1.165) is 5.56 Å². The van der Waals surface area contributed by atoms with E-state index in [1.165, 1.54) is 12.1 Å². The molecule has 0 fully saturated rings. The van der Waals surface area contributed by atoms with Gasteiger partial charge in [-0.2, -0.15) is 0 Å². The minimum absolute atomic E-state index is 0.0624. The molecule has 0 spiro atoms. The number of nitrogens with zero attached hydrogens (tertiary/aromatic N) is 1. The van der Waals surface area contributed by atoms with Crippen molar-refractivity contribution >= 4 is 34.4 Å². The van der Waals surface area contributed by atoms with Crippen molar-refractivity contribution < 1.29 is 4.92 Å². The van der Waals surface area contributed by atoms with Gasteiger partial charge in [0.15, 0.2) is 0 Å². The van der Waals surface area contributed by atoms with Gasteiger partial charge in [0.05, 0.1) is 21.3 Å². The van der Waals surface area contributed by atoms with Crippen molar-refractivity contribution in [3.8, 4) is 0 Å². The molecule has 0 radical (unpaired) electrons. The maximum atomic E-state index is 10.9. The monoisotopic (exact) mass is 292 g/mol. The summed E-state index contributed by atoms with van der Waals surface area (Å²) >= 11 is 6.12. The summed E-state index contributed by atoms with van der Waals surface area (Å²) in [7, 11) is 0. The van der Waals surface area contributed by atoms with Crippen LogP contribution in [-0.4, -0.2) is 4.92 Å². The molecule has 2 aromatic carbocycles. The Morgan fingerprint density at radius 2 is 1.95 bits per heavy atom. The SMILES string of the molecule is Cc1cccc(Cl)c1Nc1cc(NN)cc([N+](=O)[O-])c1. The van der Waals surface area contributed by atoms with Gasteiger partial charge in [-0.05, 0) is 24.6 Å². The van der Waals surface area contributed by atoms with Crippen molar-refractivity contribution in [2.45, 2.75) is 6.92 Å². The smallest absolute Gasteiger partial charge is 0.273 e. The molecule has 104 valence electrons. The average Bonchev–Trinajstić information content (AvgIpc) is 2.42. The Labute approximate surface area is 120 Å². The number of hydrogen-bond donors (Lipinski definition) is 3. The van der Waals surface area contributed by atoms with Gasteiger partial charge in [-0.3, -0.25) is 16.0 Å². The molecule has 0 atom stereocenters. The summed E-state index contributed by atoms with van der Waals surface area (Å²) in [4.78, 5) is 10.4. The number of benzene rings is 2. The second-order valence-electron chi connectivity index (χ2n) is 4.23. The van der Waals surface area contributed by atoms with E-state index >= 15 is 0 Å². The van der Waals surface area contributed by atoms with E-state index in [0.29, 0.717) is 22.1 Å². The fourth-order valence-electron chi connectivity index (χ4n) is 1.81. The number of nitrogen functional groups attached to an aromatic ring is 1. The highest BCUT2D eigenvalue weighted by molar-refractivity contribution is 6.33. The molecule has 2 aromatic rings. The highest BCUT2D eigenvalue weighted by Crippen LogP contribution is 2.31. The maximum absolute atomic E-state index is 10.9. The van der Waals surface area contributed by atoms with Gasteiger partial charge in [-0.1, -0.05) is 23.7 Å². The zero-order valence-corrected chi connectivity index (χ0v) is 11.4. The van der Waals surface area contributed by atoms with Crippen LogP contribution in [0, 0.1) is 17.0 Å². The Kier molecular flexibility index (Phi) is 4.07. The van der Waals surface area contributed by atoms with Crippen LogP contribution in [0.15, 0.2) is 36.4 Å². The predicted molar refractivity (Wildman–Crippen MR) is 80.4 cm³/mol. The fourth-order valence-corrected chi connectivity index (χ4v) is 2.08. The van der Waals surface area contributed by atoms with E-state index in [-0.39, 0.29) is 5.69 Å². The second kappa shape index (κ2) is 5.77. The summed E-state index contributed by atoms with van der Waals surface area (Å²) in [5.41, 5.74) is 4.95. The van der Waals surface area contributed by atoms with Crippen LogP contribution in [-0.2, 0) is 0 Å². The number of nitro benzene ring substituents is 1. The Hall–Kier alpha value is -2.31. The van der Waals surface area contributed by atoms with Gasteiger partial charge in [-0.15, -0.1) is 0 Å². The number of hydrogen-bond acceptors (Lipinski definition) is 5. The Morgan fingerprint density at radius 3 is 2.55 bits per heavy atom. The number of nitrogens with one attached hydrogen (secondary N) is 2. The topological polar surface area (TPSA) is 93.2 Å². The molecule has 2 rings (SSSR count). The summed E-state index contributed by atoms with van der Waals surface area (Å²) in [6.45, 7) is 1.90. The van der Waals surface area contributed by atoms with Crippen LogP contribution in [0.4, 0.5) is 22.7 Å². The largest absolute Gasteiger partial charge is 0.354 e. The van der Waals surface area contributed by atoms with E-state index in [2.05, 4.69) is 10.7 Å². The first-order valence-corrected chi connectivity index (χ1v) is 6.17. The molecule has 0 amide bonds. The van der Waals surface area contributed by atoms with Crippen molar-refractivity contribution in [1.82, 2.24) is 0 Å². The lowest BCUT2D eigenvalue weighted by atomic mass is 10.2. The molecule has 0 saturated carbocycles. The summed E-state index contributed by atoms with van der Waals surface area (Å²) in [6, 6.07) is 9.91. The van der Waals surface area contributed by atoms with Crippen molar-refractivity contribution in [3.63, 3.8) is 0 Å². The van der Waals surface area contributed by atoms with Crippen molar-refractivity contribution in [1.29, 1.82) is 0 Å². The molecule has 0 saturated heterocycles. The average molecular weight is 293 g/mol. The molecule has 7 heteroatoms. The van der Waals surface area contributed by atoms with Gasteiger partial charge >= 0.3 is 0 Å². The van der Waals surface area contributed by atoms with Gasteiger partial charge in [0.1, 0.15) is 0 Å². The Morgan fingerprint density at radius 1 is 1.25 bits per heavy atom. The first-order chi connectivity index (χ1) is 9.51. The second-order valence-corrected chi connectivity index (χ2v) is 4.63. The zero-order chi connectivity index (χ0) is 14.7. The van der Waals surface area contributed by atoms with Crippen LogP contribution in [0.5, 0.6) is 0 Å². The molecule has 20 heavy (non-hydrogen) atoms. The van der Waals surface area contributed by atoms with Crippen LogP contribution in [0.2, 0.25) is 5.02 Å². The van der Waals surface area contributed by atoms with Crippen molar-refractivity contribution in [3.05, 3.63) is 57.1 Å². The minimum atomic E-state index is -0.481. The van der Waals surface area contributed by atoms with E-state index in [1.807, 2.05) is 19.1 Å². The van der Waals surface area contributed by atoms with Crippen LogP contribution in [0.1, 0.15) is 5.56 Å². The Balaban J connectivity index is 2.43. The number of nitro groups is 1. The van der Waals surface area contributed by atoms with Gasteiger partial charge in [0.25, 0.3) is 5.69 Å². The lowest BCUT2D eigenvalue weighted by molar-refractivity contribution is -0.384. The third-order valence-corrected chi connectivity index (χ3v) is 3.10. The Bertz CT molecular complexity index is 641. The van der Waals surface area contributed by atoms with Crippen LogP contribution < -0.4 is 16.6 Å². The quantitative estimate of drug-likeness (QED) is 0.455. The van der Waals surface area contributed by atoms with Crippen molar-refractivity contribution in [2.24, 2.45) is 5.84 Å². The normalized spacial score (nSPS) is 10.2. The lowest BCUT2D eigenvalue weighted by Crippen LogP contribution is -2.07. The maximum Gasteiger partial charge on any atom is 0.273 e. The molecule has 6 nitrogen and oxygen atoms in total. The van der Waals surface area contributed by atoms with Crippen LogP contribution in [0.3, 0.4) is 0 Å². The molecular weight excluding hydrogens is 280 g/mol. The minimum Gasteiger partial charge on any atom is -0.354 e. The van der Waals surface area contributed by atoms with E-state index in [1.54, 1.807) is 12.1 Å². The first-order valence-electron chi connectivity index (χ1n) is 5.79. The summed E-state index contributed by atoms with van der Waals surface area (Å²) in [5, 5.41) is 14.5. The number of non-ortho nitro benzene ring substituents is 1.